The lowest BCUT2D eigenvalue weighted by molar-refractivity contribution is -0.120. The number of hydrogen-bond donors (Lipinski definition) is 1. The Hall–Kier alpha value is -1.49. The summed E-state index contributed by atoms with van der Waals surface area (Å²) in [6.07, 6.45) is 3.58. The van der Waals surface area contributed by atoms with Crippen molar-refractivity contribution in [2.75, 3.05) is 25.4 Å². The zero-order valence-corrected chi connectivity index (χ0v) is 15.8. The number of sulfonamides is 1. The van der Waals surface area contributed by atoms with Crippen molar-refractivity contribution in [2.45, 2.75) is 32.5 Å². The van der Waals surface area contributed by atoms with E-state index in [0.717, 1.165) is 4.96 Å². The average Bonchev–Trinajstić information content (AvgIpc) is 3.07. The van der Waals surface area contributed by atoms with E-state index < -0.39 is 10.0 Å². The first-order valence-corrected chi connectivity index (χ1v) is 10.6. The summed E-state index contributed by atoms with van der Waals surface area (Å²) in [7, 11) is -3.41. The van der Waals surface area contributed by atoms with Crippen molar-refractivity contribution >= 4 is 32.2 Å². The molecule has 1 fully saturated rings. The van der Waals surface area contributed by atoms with Gasteiger partial charge in [-0.15, -0.1) is 11.3 Å². The van der Waals surface area contributed by atoms with E-state index in [1.165, 1.54) is 15.6 Å². The van der Waals surface area contributed by atoms with Crippen molar-refractivity contribution in [1.29, 1.82) is 0 Å². The van der Waals surface area contributed by atoms with Crippen LogP contribution in [-0.2, 0) is 26.0 Å². The van der Waals surface area contributed by atoms with Crippen LogP contribution in [0, 0.1) is 0 Å². The van der Waals surface area contributed by atoms with Gasteiger partial charge in [-0.25, -0.2) is 13.4 Å². The zero-order chi connectivity index (χ0) is 18.0. The molecule has 138 valence electrons. The lowest BCUT2D eigenvalue weighted by Gasteiger charge is -2.34. The molecule has 1 amide bonds. The maximum atomic E-state index is 12.4. The van der Waals surface area contributed by atoms with Crippen LogP contribution in [0.3, 0.4) is 0 Å². The number of nitrogens with zero attached hydrogens (tertiary/aromatic N) is 3. The van der Waals surface area contributed by atoms with E-state index in [9.17, 15) is 13.2 Å². The number of hydrogen-bond acceptors (Lipinski definition) is 6. The summed E-state index contributed by atoms with van der Waals surface area (Å²) < 4.78 is 33.7. The Labute approximate surface area is 150 Å². The molecule has 3 heterocycles. The monoisotopic (exact) mass is 386 g/mol. The first-order valence-electron chi connectivity index (χ1n) is 8.14. The molecule has 25 heavy (non-hydrogen) atoms. The summed E-state index contributed by atoms with van der Waals surface area (Å²) in [5.41, 5.74) is 0.669. The molecule has 1 aliphatic rings. The molecule has 2 aromatic rings. The van der Waals surface area contributed by atoms with Crippen LogP contribution >= 0.6 is 11.3 Å². The van der Waals surface area contributed by atoms with Crippen LogP contribution in [-0.4, -0.2) is 65.6 Å². The standard InChI is InChI=1S/C15H22N4O4S2/c1-11-8-19(9-12(2)23-11)25(21,22)6-3-16-14(20)7-13-10-18-4-5-24-15(18)17-13/h4-5,10-12H,3,6-9H2,1-2H3,(H,16,20)/t11-,12+. The number of aromatic nitrogens is 2. The molecule has 1 N–H and O–H groups in total. The molecule has 0 spiro atoms. The van der Waals surface area contributed by atoms with Gasteiger partial charge in [0.15, 0.2) is 4.96 Å². The average molecular weight is 386 g/mol. The number of nitrogens with one attached hydrogen (secondary N) is 1. The molecule has 2 atom stereocenters. The Balaban J connectivity index is 1.48. The first kappa shape index (κ1) is 18.3. The fraction of sp³-hybridized carbons (Fsp3) is 0.600. The molecule has 1 aliphatic heterocycles. The second-order valence-corrected chi connectivity index (χ2v) is 9.20. The second-order valence-electron chi connectivity index (χ2n) is 6.24. The minimum absolute atomic E-state index is 0.0868. The van der Waals surface area contributed by atoms with Crippen molar-refractivity contribution < 1.29 is 17.9 Å². The number of fused-ring (bicyclic) bond motifs is 1. The first-order chi connectivity index (χ1) is 11.8. The van der Waals surface area contributed by atoms with Crippen molar-refractivity contribution in [3.8, 4) is 0 Å². The second kappa shape index (κ2) is 7.40. The molecule has 0 bridgehead atoms. The number of thiazole rings is 1. The summed E-state index contributed by atoms with van der Waals surface area (Å²) in [6.45, 7) is 4.51. The molecule has 3 rings (SSSR count). The van der Waals surface area contributed by atoms with E-state index >= 15 is 0 Å². The maximum absolute atomic E-state index is 12.4. The van der Waals surface area contributed by atoms with E-state index in [-0.39, 0.29) is 36.8 Å². The van der Waals surface area contributed by atoms with Crippen LogP contribution in [0.15, 0.2) is 17.8 Å². The number of ether oxygens (including phenoxy) is 1. The van der Waals surface area contributed by atoms with Gasteiger partial charge in [0.25, 0.3) is 0 Å². The zero-order valence-electron chi connectivity index (χ0n) is 14.2. The van der Waals surface area contributed by atoms with Crippen LogP contribution in [0.5, 0.6) is 0 Å². The van der Waals surface area contributed by atoms with Gasteiger partial charge in [-0.2, -0.15) is 4.31 Å². The number of carbonyl (C=O) groups excluding carboxylic acids is 1. The van der Waals surface area contributed by atoms with Gasteiger partial charge in [0.2, 0.25) is 15.9 Å². The fourth-order valence-corrected chi connectivity index (χ4v) is 5.11. The number of rotatable bonds is 6. The van der Waals surface area contributed by atoms with Gasteiger partial charge in [0.1, 0.15) is 0 Å². The Morgan fingerprint density at radius 3 is 2.80 bits per heavy atom. The quantitative estimate of drug-likeness (QED) is 0.780. The van der Waals surface area contributed by atoms with Crippen LogP contribution in [0.1, 0.15) is 19.5 Å². The fourth-order valence-electron chi connectivity index (χ4n) is 2.89. The minimum Gasteiger partial charge on any atom is -0.373 e. The summed E-state index contributed by atoms with van der Waals surface area (Å²) in [5.74, 6) is -0.346. The van der Waals surface area contributed by atoms with Crippen LogP contribution in [0.2, 0.25) is 0 Å². The van der Waals surface area contributed by atoms with Crippen molar-refractivity contribution in [1.82, 2.24) is 19.0 Å². The molecule has 8 nitrogen and oxygen atoms in total. The largest absolute Gasteiger partial charge is 0.373 e. The molecule has 2 aromatic heterocycles. The SMILES string of the molecule is C[C@@H]1CN(S(=O)(=O)CCNC(=O)Cc2cn3ccsc3n2)C[C@H](C)O1. The highest BCUT2D eigenvalue weighted by atomic mass is 32.2. The lowest BCUT2D eigenvalue weighted by Crippen LogP contribution is -2.49. The highest BCUT2D eigenvalue weighted by Crippen LogP contribution is 2.15. The third-order valence-corrected chi connectivity index (χ3v) is 6.52. The third kappa shape index (κ3) is 4.57. The Morgan fingerprint density at radius 2 is 2.12 bits per heavy atom. The van der Waals surface area contributed by atoms with Crippen LogP contribution in [0.4, 0.5) is 0 Å². The van der Waals surface area contributed by atoms with E-state index in [1.807, 2.05) is 29.8 Å². The van der Waals surface area contributed by atoms with Crippen LogP contribution < -0.4 is 5.32 Å². The molecule has 0 unspecified atom stereocenters. The third-order valence-electron chi connectivity index (χ3n) is 3.95. The predicted molar refractivity (Wildman–Crippen MR) is 95.2 cm³/mol. The number of amides is 1. The maximum Gasteiger partial charge on any atom is 0.226 e. The summed E-state index contributed by atoms with van der Waals surface area (Å²) in [6, 6.07) is 0. The summed E-state index contributed by atoms with van der Waals surface area (Å²) in [5, 5.41) is 4.58. The molecule has 10 heteroatoms. The molecular weight excluding hydrogens is 364 g/mol. The smallest absolute Gasteiger partial charge is 0.226 e. The highest BCUT2D eigenvalue weighted by molar-refractivity contribution is 7.89. The summed E-state index contributed by atoms with van der Waals surface area (Å²) >= 11 is 1.50. The van der Waals surface area contributed by atoms with Gasteiger partial charge in [-0.3, -0.25) is 9.20 Å². The van der Waals surface area contributed by atoms with Gasteiger partial charge in [0, 0.05) is 37.4 Å². The molecule has 0 aliphatic carbocycles. The van der Waals surface area contributed by atoms with E-state index in [2.05, 4.69) is 10.3 Å². The van der Waals surface area contributed by atoms with Gasteiger partial charge in [0.05, 0.1) is 30.1 Å². The van der Waals surface area contributed by atoms with E-state index in [1.54, 1.807) is 6.20 Å². The lowest BCUT2D eigenvalue weighted by atomic mass is 10.3. The molecule has 0 aromatic carbocycles. The van der Waals surface area contributed by atoms with E-state index in [4.69, 9.17) is 4.74 Å². The normalized spacial score (nSPS) is 22.3. The van der Waals surface area contributed by atoms with Gasteiger partial charge < -0.3 is 10.1 Å². The van der Waals surface area contributed by atoms with Crippen molar-refractivity contribution in [3.05, 3.63) is 23.5 Å². The van der Waals surface area contributed by atoms with Crippen molar-refractivity contribution in [3.63, 3.8) is 0 Å². The minimum atomic E-state index is -3.41. The van der Waals surface area contributed by atoms with E-state index in [0.29, 0.717) is 18.8 Å². The van der Waals surface area contributed by atoms with Crippen LogP contribution in [0.25, 0.3) is 4.96 Å². The topological polar surface area (TPSA) is 93.0 Å². The highest BCUT2D eigenvalue weighted by Gasteiger charge is 2.30. The van der Waals surface area contributed by atoms with Gasteiger partial charge in [-0.05, 0) is 13.8 Å². The van der Waals surface area contributed by atoms with Gasteiger partial charge in [-0.1, -0.05) is 0 Å². The van der Waals surface area contributed by atoms with Crippen molar-refractivity contribution in [2.24, 2.45) is 0 Å². The molecular formula is C15H22N4O4S2. The number of morpholine rings is 1. The molecule has 0 radical (unpaired) electrons. The number of carbonyl (C=O) groups is 1. The Morgan fingerprint density at radius 1 is 1.40 bits per heavy atom. The molecule has 1 saturated heterocycles. The number of imidazole rings is 1. The Bertz CT molecular complexity index is 806. The molecule has 0 saturated carbocycles. The predicted octanol–water partition coefficient (Wildman–Crippen LogP) is 0.494. The van der Waals surface area contributed by atoms with Gasteiger partial charge >= 0.3 is 0 Å². The summed E-state index contributed by atoms with van der Waals surface area (Å²) in [4.78, 5) is 17.2. The Kier molecular flexibility index (Phi) is 5.42.